The first-order valence-electron chi connectivity index (χ1n) is 7.27. The molecule has 0 saturated heterocycles. The maximum absolute atomic E-state index is 11.6. The Morgan fingerprint density at radius 3 is 2.27 bits per heavy atom. The van der Waals surface area contributed by atoms with Crippen LogP contribution in [0.25, 0.3) is 0 Å². The van der Waals surface area contributed by atoms with Gasteiger partial charge in [-0.2, -0.15) is 0 Å². The van der Waals surface area contributed by atoms with Crippen molar-refractivity contribution in [3.63, 3.8) is 0 Å². The Balaban J connectivity index is 1.62. The molecule has 1 aromatic heterocycles. The van der Waals surface area contributed by atoms with Crippen LogP contribution in [0, 0.1) is 5.92 Å². The number of hydrogen-bond donors (Lipinski definition) is 2. The zero-order valence-electron chi connectivity index (χ0n) is 12.3. The van der Waals surface area contributed by atoms with E-state index in [1.165, 1.54) is 0 Å². The summed E-state index contributed by atoms with van der Waals surface area (Å²) in [5, 5.41) is 6.00. The first-order chi connectivity index (χ1) is 10.6. The smallest absolute Gasteiger partial charge is 0.228 e. The molecule has 0 atom stereocenters. The number of nitrogens with one attached hydrogen (secondary N) is 2. The second kappa shape index (κ2) is 5.97. The van der Waals surface area contributed by atoms with Crippen LogP contribution in [0.3, 0.4) is 0 Å². The number of carbonyl (C=O) groups is 2. The third kappa shape index (κ3) is 3.49. The summed E-state index contributed by atoms with van der Waals surface area (Å²) in [5.41, 5.74) is 2.38. The van der Waals surface area contributed by atoms with Gasteiger partial charge in [0, 0.05) is 17.2 Å². The van der Waals surface area contributed by atoms with Crippen molar-refractivity contribution in [2.75, 3.05) is 10.6 Å². The van der Waals surface area contributed by atoms with Gasteiger partial charge in [0.15, 0.2) is 5.78 Å². The molecular weight excluding hydrogens is 278 g/mol. The molecule has 1 fully saturated rings. The van der Waals surface area contributed by atoms with Gasteiger partial charge in [-0.1, -0.05) is 0 Å². The third-order valence-corrected chi connectivity index (χ3v) is 3.54. The van der Waals surface area contributed by atoms with Crippen molar-refractivity contribution >= 4 is 28.9 Å². The Labute approximate surface area is 128 Å². The normalized spacial score (nSPS) is 13.5. The Hall–Kier alpha value is -2.69. The van der Waals surface area contributed by atoms with Gasteiger partial charge in [0.05, 0.1) is 11.9 Å². The fourth-order valence-electron chi connectivity index (χ4n) is 2.07. The lowest BCUT2D eigenvalue weighted by molar-refractivity contribution is -0.117. The molecule has 1 heterocycles. The van der Waals surface area contributed by atoms with Gasteiger partial charge in [-0.25, -0.2) is 4.98 Å². The zero-order valence-corrected chi connectivity index (χ0v) is 12.3. The van der Waals surface area contributed by atoms with Crippen LogP contribution in [0.5, 0.6) is 0 Å². The van der Waals surface area contributed by atoms with Gasteiger partial charge in [-0.15, -0.1) is 0 Å². The van der Waals surface area contributed by atoms with Gasteiger partial charge in [-0.3, -0.25) is 9.59 Å². The van der Waals surface area contributed by atoms with Gasteiger partial charge >= 0.3 is 0 Å². The Morgan fingerprint density at radius 1 is 1.05 bits per heavy atom. The van der Waals surface area contributed by atoms with Crippen molar-refractivity contribution in [2.24, 2.45) is 5.92 Å². The molecule has 5 heteroatoms. The lowest BCUT2D eigenvalue weighted by Crippen LogP contribution is -2.14. The molecule has 0 aliphatic heterocycles. The predicted octanol–water partition coefficient (Wildman–Crippen LogP) is 3.38. The van der Waals surface area contributed by atoms with E-state index in [1.54, 1.807) is 31.3 Å². The Morgan fingerprint density at radius 2 is 1.73 bits per heavy atom. The van der Waals surface area contributed by atoms with Crippen LogP contribution in [-0.2, 0) is 4.79 Å². The standard InChI is InChI=1S/C17H17N3O2/c1-11(21)12-4-6-14(7-5-12)19-15-8-9-16(18-10-15)20-17(22)13-2-3-13/h4-10,13,19H,2-3H2,1H3,(H,18,20,22). The second-order valence-electron chi connectivity index (χ2n) is 5.45. The van der Waals surface area contributed by atoms with E-state index in [9.17, 15) is 9.59 Å². The molecule has 1 saturated carbocycles. The lowest BCUT2D eigenvalue weighted by Gasteiger charge is -2.08. The van der Waals surface area contributed by atoms with E-state index in [4.69, 9.17) is 0 Å². The summed E-state index contributed by atoms with van der Waals surface area (Å²) in [4.78, 5) is 27.1. The highest BCUT2D eigenvalue weighted by Crippen LogP contribution is 2.30. The summed E-state index contributed by atoms with van der Waals surface area (Å²) in [7, 11) is 0. The van der Waals surface area contributed by atoms with Gasteiger partial charge in [0.25, 0.3) is 0 Å². The highest BCUT2D eigenvalue weighted by molar-refractivity contribution is 5.94. The number of anilines is 3. The lowest BCUT2D eigenvalue weighted by atomic mass is 10.1. The Kier molecular flexibility index (Phi) is 3.87. The molecule has 3 rings (SSSR count). The van der Waals surface area contributed by atoms with E-state index >= 15 is 0 Å². The van der Waals surface area contributed by atoms with E-state index in [0.717, 1.165) is 24.2 Å². The van der Waals surface area contributed by atoms with Crippen molar-refractivity contribution in [3.8, 4) is 0 Å². The molecule has 1 amide bonds. The highest BCUT2D eigenvalue weighted by atomic mass is 16.2. The largest absolute Gasteiger partial charge is 0.354 e. The molecule has 0 radical (unpaired) electrons. The summed E-state index contributed by atoms with van der Waals surface area (Å²) in [6, 6.07) is 10.9. The van der Waals surface area contributed by atoms with E-state index in [-0.39, 0.29) is 17.6 Å². The average Bonchev–Trinajstić information content (AvgIpc) is 3.34. The minimum absolute atomic E-state index is 0.0453. The van der Waals surface area contributed by atoms with Crippen LogP contribution in [0.1, 0.15) is 30.1 Å². The third-order valence-electron chi connectivity index (χ3n) is 3.54. The SMILES string of the molecule is CC(=O)c1ccc(Nc2ccc(NC(=O)C3CC3)nc2)cc1. The Bertz CT molecular complexity index is 689. The number of carbonyl (C=O) groups excluding carboxylic acids is 2. The van der Waals surface area contributed by atoms with Gasteiger partial charge in [0.1, 0.15) is 5.82 Å². The molecule has 1 aromatic carbocycles. The zero-order chi connectivity index (χ0) is 15.5. The molecule has 2 N–H and O–H groups in total. The van der Waals surface area contributed by atoms with Crippen molar-refractivity contribution in [3.05, 3.63) is 48.2 Å². The van der Waals surface area contributed by atoms with Crippen LogP contribution in [0.15, 0.2) is 42.6 Å². The number of amides is 1. The van der Waals surface area contributed by atoms with E-state index in [0.29, 0.717) is 11.4 Å². The van der Waals surface area contributed by atoms with E-state index in [2.05, 4.69) is 15.6 Å². The first kappa shape index (κ1) is 14.3. The van der Waals surface area contributed by atoms with Crippen LogP contribution in [0.4, 0.5) is 17.2 Å². The molecule has 1 aliphatic carbocycles. The quantitative estimate of drug-likeness (QED) is 0.830. The molecule has 2 aromatic rings. The molecule has 0 unspecified atom stereocenters. The van der Waals surface area contributed by atoms with E-state index in [1.807, 2.05) is 18.2 Å². The highest BCUT2D eigenvalue weighted by Gasteiger charge is 2.29. The van der Waals surface area contributed by atoms with Crippen LogP contribution in [0.2, 0.25) is 0 Å². The summed E-state index contributed by atoms with van der Waals surface area (Å²) in [5.74, 6) is 0.825. The topological polar surface area (TPSA) is 71.1 Å². The van der Waals surface area contributed by atoms with E-state index < -0.39 is 0 Å². The summed E-state index contributed by atoms with van der Waals surface area (Å²) >= 11 is 0. The fourth-order valence-corrected chi connectivity index (χ4v) is 2.07. The summed E-state index contributed by atoms with van der Waals surface area (Å²) in [6.07, 6.45) is 3.62. The molecule has 1 aliphatic rings. The monoisotopic (exact) mass is 295 g/mol. The average molecular weight is 295 g/mol. The molecule has 0 bridgehead atoms. The first-order valence-corrected chi connectivity index (χ1v) is 7.27. The van der Waals surface area contributed by atoms with Gasteiger partial charge in [0.2, 0.25) is 5.91 Å². The molecule has 112 valence electrons. The van der Waals surface area contributed by atoms with Crippen molar-refractivity contribution in [1.29, 1.82) is 0 Å². The maximum atomic E-state index is 11.6. The van der Waals surface area contributed by atoms with Crippen molar-refractivity contribution < 1.29 is 9.59 Å². The molecular formula is C17H17N3O2. The van der Waals surface area contributed by atoms with Crippen molar-refractivity contribution in [2.45, 2.75) is 19.8 Å². The number of hydrogen-bond acceptors (Lipinski definition) is 4. The molecule has 5 nitrogen and oxygen atoms in total. The number of benzene rings is 1. The second-order valence-corrected chi connectivity index (χ2v) is 5.45. The molecule has 0 spiro atoms. The number of ketones is 1. The number of Topliss-reactive ketones (excluding diaryl/α,β-unsaturated/α-hetero) is 1. The van der Waals surface area contributed by atoms with Crippen LogP contribution >= 0.6 is 0 Å². The minimum Gasteiger partial charge on any atom is -0.354 e. The number of nitrogens with zero attached hydrogens (tertiary/aromatic N) is 1. The maximum Gasteiger partial charge on any atom is 0.228 e. The van der Waals surface area contributed by atoms with Crippen LogP contribution in [-0.4, -0.2) is 16.7 Å². The van der Waals surface area contributed by atoms with Crippen molar-refractivity contribution in [1.82, 2.24) is 4.98 Å². The van der Waals surface area contributed by atoms with Gasteiger partial charge in [-0.05, 0) is 56.2 Å². The molecule has 22 heavy (non-hydrogen) atoms. The van der Waals surface area contributed by atoms with Gasteiger partial charge < -0.3 is 10.6 Å². The summed E-state index contributed by atoms with van der Waals surface area (Å²) < 4.78 is 0. The minimum atomic E-state index is 0.0453. The predicted molar refractivity (Wildman–Crippen MR) is 85.3 cm³/mol. The number of aromatic nitrogens is 1. The number of pyridine rings is 1. The number of rotatable bonds is 5. The van der Waals surface area contributed by atoms with Crippen LogP contribution < -0.4 is 10.6 Å². The summed E-state index contributed by atoms with van der Waals surface area (Å²) in [6.45, 7) is 1.54. The fraction of sp³-hybridized carbons (Fsp3) is 0.235.